The van der Waals surface area contributed by atoms with Crippen LogP contribution in [-0.4, -0.2) is 58.3 Å². The van der Waals surface area contributed by atoms with Crippen molar-refractivity contribution in [2.45, 2.75) is 6.92 Å². The number of halogens is 2. The van der Waals surface area contributed by atoms with Gasteiger partial charge >= 0.3 is 0 Å². The Morgan fingerprint density at radius 2 is 1.73 bits per heavy atom. The number of aromatic nitrogens is 2. The van der Waals surface area contributed by atoms with Gasteiger partial charge in [-0.2, -0.15) is 0 Å². The molecule has 1 aromatic carbocycles. The van der Waals surface area contributed by atoms with E-state index in [-0.39, 0.29) is 5.91 Å². The zero-order valence-electron chi connectivity index (χ0n) is 14.1. The third-order valence-corrected chi connectivity index (χ3v) is 4.38. The Balaban J connectivity index is 1.79. The number of nitrogens with zero attached hydrogens (tertiary/aromatic N) is 4. The monoisotopic (exact) mass is 393 g/mol. The maximum absolute atomic E-state index is 12.7. The first-order valence-corrected chi connectivity index (χ1v) is 8.77. The van der Waals surface area contributed by atoms with Crippen molar-refractivity contribution in [1.29, 1.82) is 0 Å². The summed E-state index contributed by atoms with van der Waals surface area (Å²) in [4.78, 5) is 35.4. The predicted molar refractivity (Wildman–Crippen MR) is 100 cm³/mol. The molecule has 26 heavy (non-hydrogen) atoms. The second-order valence-corrected chi connectivity index (χ2v) is 6.78. The molecular formula is C17H17Cl2N5O2. The maximum atomic E-state index is 12.7. The summed E-state index contributed by atoms with van der Waals surface area (Å²) >= 11 is 12.0. The van der Waals surface area contributed by atoms with Crippen molar-refractivity contribution in [2.24, 2.45) is 0 Å². The number of hydrogen-bond donors (Lipinski definition) is 1. The molecule has 0 unspecified atom stereocenters. The van der Waals surface area contributed by atoms with Crippen LogP contribution in [0.2, 0.25) is 10.0 Å². The quantitative estimate of drug-likeness (QED) is 0.807. The fourth-order valence-electron chi connectivity index (χ4n) is 2.71. The molecule has 0 aliphatic carbocycles. The third kappa shape index (κ3) is 4.42. The zero-order chi connectivity index (χ0) is 18.7. The molecule has 1 N–H and O–H groups in total. The van der Waals surface area contributed by atoms with Crippen molar-refractivity contribution in [3.05, 3.63) is 45.8 Å². The average molecular weight is 394 g/mol. The van der Waals surface area contributed by atoms with Gasteiger partial charge in [-0.25, -0.2) is 9.97 Å². The molecule has 0 radical (unpaired) electrons. The van der Waals surface area contributed by atoms with Gasteiger partial charge in [0.15, 0.2) is 0 Å². The van der Waals surface area contributed by atoms with Gasteiger partial charge in [0.1, 0.15) is 17.3 Å². The molecule has 1 saturated heterocycles. The van der Waals surface area contributed by atoms with Gasteiger partial charge in [0.25, 0.3) is 5.91 Å². The van der Waals surface area contributed by atoms with Crippen LogP contribution in [0, 0.1) is 6.92 Å². The lowest BCUT2D eigenvalue weighted by Crippen LogP contribution is -2.48. The number of amides is 2. The number of aryl methyl sites for hydroxylation is 1. The summed E-state index contributed by atoms with van der Waals surface area (Å²) in [5.41, 5.74) is 0.964. The van der Waals surface area contributed by atoms with E-state index in [1.807, 2.05) is 0 Å². The first-order valence-electron chi connectivity index (χ1n) is 8.02. The average Bonchev–Trinajstić information content (AvgIpc) is 2.60. The molecule has 2 heterocycles. The van der Waals surface area contributed by atoms with E-state index in [1.54, 1.807) is 41.0 Å². The van der Waals surface area contributed by atoms with Crippen molar-refractivity contribution in [3.63, 3.8) is 0 Å². The first-order chi connectivity index (χ1) is 12.4. The SMILES string of the molecule is Cc1nc(Nc2cc(Cl)cc(Cl)c2)cc(C(=O)N2CCN(C=O)CC2)n1. The van der Waals surface area contributed by atoms with E-state index in [0.717, 1.165) is 6.41 Å². The fraction of sp³-hybridized carbons (Fsp3) is 0.294. The van der Waals surface area contributed by atoms with Gasteiger partial charge < -0.3 is 15.1 Å². The highest BCUT2D eigenvalue weighted by Gasteiger charge is 2.23. The molecule has 9 heteroatoms. The van der Waals surface area contributed by atoms with Gasteiger partial charge in [0, 0.05) is 48.0 Å². The van der Waals surface area contributed by atoms with Gasteiger partial charge in [0.2, 0.25) is 6.41 Å². The van der Waals surface area contributed by atoms with E-state index >= 15 is 0 Å². The molecule has 1 aliphatic rings. The molecule has 0 saturated carbocycles. The van der Waals surface area contributed by atoms with Crippen LogP contribution in [0.25, 0.3) is 0 Å². The normalized spacial score (nSPS) is 14.3. The van der Waals surface area contributed by atoms with Crippen molar-refractivity contribution >= 4 is 47.0 Å². The Hall–Kier alpha value is -2.38. The number of piperazine rings is 1. The van der Waals surface area contributed by atoms with E-state index in [4.69, 9.17) is 23.2 Å². The van der Waals surface area contributed by atoms with Crippen LogP contribution >= 0.6 is 23.2 Å². The Morgan fingerprint density at radius 3 is 2.35 bits per heavy atom. The lowest BCUT2D eigenvalue weighted by molar-refractivity contribution is -0.119. The van der Waals surface area contributed by atoms with E-state index in [0.29, 0.717) is 59.2 Å². The second kappa shape index (κ2) is 7.88. The van der Waals surface area contributed by atoms with E-state index in [2.05, 4.69) is 15.3 Å². The molecule has 2 amide bonds. The molecule has 1 aromatic heterocycles. The summed E-state index contributed by atoms with van der Waals surface area (Å²) in [5.74, 6) is 0.761. The smallest absolute Gasteiger partial charge is 0.272 e. The number of anilines is 2. The van der Waals surface area contributed by atoms with E-state index < -0.39 is 0 Å². The molecule has 136 valence electrons. The van der Waals surface area contributed by atoms with Crippen LogP contribution in [-0.2, 0) is 4.79 Å². The number of rotatable bonds is 4. The van der Waals surface area contributed by atoms with Gasteiger partial charge in [-0.05, 0) is 25.1 Å². The van der Waals surface area contributed by atoms with Crippen molar-refractivity contribution in [2.75, 3.05) is 31.5 Å². The number of nitrogens with one attached hydrogen (secondary N) is 1. The topological polar surface area (TPSA) is 78.4 Å². The molecule has 0 bridgehead atoms. The zero-order valence-corrected chi connectivity index (χ0v) is 15.6. The summed E-state index contributed by atoms with van der Waals surface area (Å²) in [6.07, 6.45) is 0.800. The van der Waals surface area contributed by atoms with Gasteiger partial charge in [-0.15, -0.1) is 0 Å². The minimum Gasteiger partial charge on any atom is -0.342 e. The van der Waals surface area contributed by atoms with Crippen LogP contribution in [0.5, 0.6) is 0 Å². The van der Waals surface area contributed by atoms with Gasteiger partial charge in [0.05, 0.1) is 0 Å². The highest BCUT2D eigenvalue weighted by Crippen LogP contribution is 2.25. The molecule has 0 atom stereocenters. The van der Waals surface area contributed by atoms with Crippen molar-refractivity contribution in [1.82, 2.24) is 19.8 Å². The summed E-state index contributed by atoms with van der Waals surface area (Å²) in [5, 5.41) is 4.09. The minimum atomic E-state index is -0.187. The van der Waals surface area contributed by atoms with Crippen molar-refractivity contribution in [3.8, 4) is 0 Å². The summed E-state index contributed by atoms with van der Waals surface area (Å²) < 4.78 is 0. The Bertz CT molecular complexity index is 818. The largest absolute Gasteiger partial charge is 0.342 e. The summed E-state index contributed by atoms with van der Waals surface area (Å²) in [7, 11) is 0. The first kappa shape index (κ1) is 18.4. The Morgan fingerprint density at radius 1 is 1.08 bits per heavy atom. The second-order valence-electron chi connectivity index (χ2n) is 5.90. The Kier molecular flexibility index (Phi) is 5.58. The molecule has 1 fully saturated rings. The van der Waals surface area contributed by atoms with Crippen LogP contribution in [0.1, 0.15) is 16.3 Å². The number of carbonyl (C=O) groups is 2. The lowest BCUT2D eigenvalue weighted by Gasteiger charge is -2.32. The van der Waals surface area contributed by atoms with E-state index in [1.165, 1.54) is 0 Å². The third-order valence-electron chi connectivity index (χ3n) is 3.94. The van der Waals surface area contributed by atoms with Crippen LogP contribution in [0.15, 0.2) is 24.3 Å². The molecule has 1 aliphatic heterocycles. The van der Waals surface area contributed by atoms with Crippen LogP contribution in [0.4, 0.5) is 11.5 Å². The maximum Gasteiger partial charge on any atom is 0.272 e. The lowest BCUT2D eigenvalue weighted by atomic mass is 10.2. The minimum absolute atomic E-state index is 0.187. The number of hydrogen-bond acceptors (Lipinski definition) is 5. The summed E-state index contributed by atoms with van der Waals surface area (Å²) in [6.45, 7) is 3.72. The van der Waals surface area contributed by atoms with Gasteiger partial charge in [-0.3, -0.25) is 9.59 Å². The molecular weight excluding hydrogens is 377 g/mol. The summed E-state index contributed by atoms with van der Waals surface area (Å²) in [6, 6.07) is 6.65. The Labute approximate surface area is 160 Å². The fourth-order valence-corrected chi connectivity index (χ4v) is 3.23. The number of benzene rings is 1. The standard InChI is InChI=1S/C17H17Cl2N5O2/c1-11-20-15(17(26)24-4-2-23(10-25)3-5-24)9-16(21-11)22-14-7-12(18)6-13(19)8-14/h6-10H,2-5H2,1H3,(H,20,21,22). The molecule has 7 nitrogen and oxygen atoms in total. The molecule has 0 spiro atoms. The molecule has 3 rings (SSSR count). The van der Waals surface area contributed by atoms with Gasteiger partial charge in [-0.1, -0.05) is 23.2 Å². The van der Waals surface area contributed by atoms with Crippen LogP contribution < -0.4 is 5.32 Å². The van der Waals surface area contributed by atoms with E-state index in [9.17, 15) is 9.59 Å². The predicted octanol–water partition coefficient (Wildman–Crippen LogP) is 2.75. The highest BCUT2D eigenvalue weighted by molar-refractivity contribution is 6.35. The molecule has 2 aromatic rings. The number of carbonyl (C=O) groups excluding carboxylic acids is 2. The van der Waals surface area contributed by atoms with Crippen molar-refractivity contribution < 1.29 is 9.59 Å². The van der Waals surface area contributed by atoms with Crippen LogP contribution in [0.3, 0.4) is 0 Å². The highest BCUT2D eigenvalue weighted by atomic mass is 35.5.